The van der Waals surface area contributed by atoms with E-state index in [1.165, 1.54) is 0 Å². The molecule has 2 rings (SSSR count). The van der Waals surface area contributed by atoms with E-state index in [-0.39, 0.29) is 18.3 Å². The van der Waals surface area contributed by atoms with Crippen molar-refractivity contribution >= 4 is 11.3 Å². The fourth-order valence-electron chi connectivity index (χ4n) is 1.52. The highest BCUT2D eigenvalue weighted by molar-refractivity contribution is 7.10. The SMILES string of the molecule is OCC(COc1ccccc1O)c1cccs1. The maximum Gasteiger partial charge on any atom is 0.160 e. The molecule has 1 aromatic heterocycles. The van der Waals surface area contributed by atoms with E-state index in [9.17, 15) is 10.2 Å². The number of aliphatic hydroxyl groups is 1. The van der Waals surface area contributed by atoms with Gasteiger partial charge in [-0.15, -0.1) is 11.3 Å². The van der Waals surface area contributed by atoms with Crippen LogP contribution in [0.5, 0.6) is 11.5 Å². The largest absolute Gasteiger partial charge is 0.504 e. The zero-order chi connectivity index (χ0) is 12.1. The first kappa shape index (κ1) is 12.0. The van der Waals surface area contributed by atoms with Crippen molar-refractivity contribution < 1.29 is 14.9 Å². The number of rotatable bonds is 5. The predicted octanol–water partition coefficient (Wildman–Crippen LogP) is 2.61. The van der Waals surface area contributed by atoms with Crippen LogP contribution in [0, 0.1) is 0 Å². The summed E-state index contributed by atoms with van der Waals surface area (Å²) in [6.07, 6.45) is 0. The Morgan fingerprint density at radius 2 is 2.00 bits per heavy atom. The highest BCUT2D eigenvalue weighted by atomic mass is 32.1. The van der Waals surface area contributed by atoms with Crippen molar-refractivity contribution in [2.24, 2.45) is 0 Å². The summed E-state index contributed by atoms with van der Waals surface area (Å²) in [6.45, 7) is 0.392. The van der Waals surface area contributed by atoms with Gasteiger partial charge in [0.15, 0.2) is 11.5 Å². The van der Waals surface area contributed by atoms with Crippen LogP contribution in [0.2, 0.25) is 0 Å². The van der Waals surface area contributed by atoms with E-state index in [1.807, 2.05) is 17.5 Å². The molecule has 2 aromatic rings. The second kappa shape index (κ2) is 5.70. The monoisotopic (exact) mass is 250 g/mol. The summed E-state index contributed by atoms with van der Waals surface area (Å²) < 4.78 is 5.51. The highest BCUT2D eigenvalue weighted by Crippen LogP contribution is 2.27. The van der Waals surface area contributed by atoms with Crippen LogP contribution in [0.1, 0.15) is 10.8 Å². The molecule has 0 amide bonds. The summed E-state index contributed by atoms with van der Waals surface area (Å²) in [5, 5.41) is 20.8. The van der Waals surface area contributed by atoms with Gasteiger partial charge in [-0.25, -0.2) is 0 Å². The van der Waals surface area contributed by atoms with Gasteiger partial charge in [0.05, 0.1) is 19.1 Å². The maximum absolute atomic E-state index is 9.54. The lowest BCUT2D eigenvalue weighted by Crippen LogP contribution is -2.13. The smallest absolute Gasteiger partial charge is 0.160 e. The van der Waals surface area contributed by atoms with Gasteiger partial charge in [-0.1, -0.05) is 18.2 Å². The predicted molar refractivity (Wildman–Crippen MR) is 67.7 cm³/mol. The van der Waals surface area contributed by atoms with Crippen molar-refractivity contribution in [1.82, 2.24) is 0 Å². The van der Waals surface area contributed by atoms with Crippen molar-refractivity contribution in [2.75, 3.05) is 13.2 Å². The Labute approximate surface area is 104 Å². The van der Waals surface area contributed by atoms with Crippen LogP contribution in [0.25, 0.3) is 0 Å². The number of phenolic OH excluding ortho intramolecular Hbond substituents is 1. The van der Waals surface area contributed by atoms with Crippen LogP contribution in [-0.2, 0) is 0 Å². The number of para-hydroxylation sites is 2. The third-order valence-electron chi connectivity index (χ3n) is 2.47. The third-order valence-corrected chi connectivity index (χ3v) is 3.51. The minimum atomic E-state index is -0.0467. The number of thiophene rings is 1. The van der Waals surface area contributed by atoms with Crippen LogP contribution < -0.4 is 4.74 Å². The van der Waals surface area contributed by atoms with Crippen LogP contribution in [0.3, 0.4) is 0 Å². The topological polar surface area (TPSA) is 49.7 Å². The number of aromatic hydroxyl groups is 1. The lowest BCUT2D eigenvalue weighted by Gasteiger charge is -2.14. The molecular weight excluding hydrogens is 236 g/mol. The maximum atomic E-state index is 9.54. The zero-order valence-corrected chi connectivity index (χ0v) is 10.1. The molecule has 2 N–H and O–H groups in total. The molecule has 1 heterocycles. The third kappa shape index (κ3) is 2.99. The molecule has 0 fully saturated rings. The summed E-state index contributed by atoms with van der Waals surface area (Å²) in [6, 6.07) is 10.7. The van der Waals surface area contributed by atoms with Crippen LogP contribution in [0.15, 0.2) is 41.8 Å². The fraction of sp³-hybridized carbons (Fsp3) is 0.231. The van der Waals surface area contributed by atoms with Gasteiger partial charge in [0.25, 0.3) is 0 Å². The first-order valence-electron chi connectivity index (χ1n) is 5.36. The van der Waals surface area contributed by atoms with Crippen molar-refractivity contribution in [3.8, 4) is 11.5 Å². The Kier molecular flexibility index (Phi) is 4.01. The Bertz CT molecular complexity index is 453. The Balaban J connectivity index is 2.00. The lowest BCUT2D eigenvalue weighted by molar-refractivity contribution is 0.203. The molecule has 0 saturated carbocycles. The fourth-order valence-corrected chi connectivity index (χ4v) is 2.32. The average Bonchev–Trinajstić information content (AvgIpc) is 2.86. The van der Waals surface area contributed by atoms with Crippen molar-refractivity contribution in [3.63, 3.8) is 0 Å². The van der Waals surface area contributed by atoms with E-state index in [0.717, 1.165) is 4.88 Å². The van der Waals surface area contributed by atoms with Crippen molar-refractivity contribution in [2.45, 2.75) is 5.92 Å². The minimum absolute atomic E-state index is 0.0358. The molecular formula is C13H14O3S. The first-order valence-corrected chi connectivity index (χ1v) is 6.24. The number of benzene rings is 1. The van der Waals surface area contributed by atoms with Crippen LogP contribution in [0.4, 0.5) is 0 Å². The molecule has 17 heavy (non-hydrogen) atoms. The molecule has 1 atom stereocenters. The van der Waals surface area contributed by atoms with Crippen LogP contribution >= 0.6 is 11.3 Å². The number of ether oxygens (including phenoxy) is 1. The normalized spacial score (nSPS) is 12.3. The van der Waals surface area contributed by atoms with Crippen LogP contribution in [-0.4, -0.2) is 23.4 Å². The van der Waals surface area contributed by atoms with Gasteiger partial charge in [-0.05, 0) is 23.6 Å². The first-order chi connectivity index (χ1) is 8.31. The number of aliphatic hydroxyl groups excluding tert-OH is 1. The average molecular weight is 250 g/mol. The molecule has 0 saturated heterocycles. The van der Waals surface area contributed by atoms with Crippen molar-refractivity contribution in [3.05, 3.63) is 46.7 Å². The molecule has 0 radical (unpaired) electrons. The summed E-state index contributed by atoms with van der Waals surface area (Å²) >= 11 is 1.59. The van der Waals surface area contributed by atoms with Gasteiger partial charge in [0.2, 0.25) is 0 Å². The Hall–Kier alpha value is -1.52. The second-order valence-corrected chi connectivity index (χ2v) is 4.65. The Morgan fingerprint density at radius 1 is 1.18 bits per heavy atom. The van der Waals surface area contributed by atoms with E-state index in [2.05, 4.69) is 0 Å². The van der Waals surface area contributed by atoms with E-state index in [0.29, 0.717) is 12.4 Å². The van der Waals surface area contributed by atoms with Gasteiger partial charge >= 0.3 is 0 Å². The molecule has 0 aliphatic heterocycles. The standard InChI is InChI=1S/C13H14O3S/c14-8-10(13-6-3-7-17-13)9-16-12-5-2-1-4-11(12)15/h1-7,10,14-15H,8-9H2. The van der Waals surface area contributed by atoms with Gasteiger partial charge < -0.3 is 14.9 Å². The molecule has 0 bridgehead atoms. The highest BCUT2D eigenvalue weighted by Gasteiger charge is 2.13. The van der Waals surface area contributed by atoms with Crippen molar-refractivity contribution in [1.29, 1.82) is 0 Å². The molecule has 0 aliphatic rings. The summed E-state index contributed by atoms with van der Waals surface area (Å²) in [5.41, 5.74) is 0. The number of hydrogen-bond donors (Lipinski definition) is 2. The molecule has 4 heteroatoms. The Morgan fingerprint density at radius 3 is 2.65 bits per heavy atom. The summed E-state index contributed by atoms with van der Waals surface area (Å²) in [4.78, 5) is 1.09. The molecule has 3 nitrogen and oxygen atoms in total. The summed E-state index contributed by atoms with van der Waals surface area (Å²) in [7, 11) is 0. The van der Waals surface area contributed by atoms with E-state index in [1.54, 1.807) is 35.6 Å². The van der Waals surface area contributed by atoms with Gasteiger partial charge in [-0.3, -0.25) is 0 Å². The van der Waals surface area contributed by atoms with E-state index in [4.69, 9.17) is 4.74 Å². The molecule has 1 unspecified atom stereocenters. The second-order valence-electron chi connectivity index (χ2n) is 3.67. The molecule has 0 aliphatic carbocycles. The zero-order valence-electron chi connectivity index (χ0n) is 9.24. The van der Waals surface area contributed by atoms with Gasteiger partial charge in [0, 0.05) is 4.88 Å². The van der Waals surface area contributed by atoms with E-state index < -0.39 is 0 Å². The van der Waals surface area contributed by atoms with E-state index >= 15 is 0 Å². The number of phenols is 1. The molecule has 0 spiro atoms. The number of hydrogen-bond acceptors (Lipinski definition) is 4. The molecule has 1 aromatic carbocycles. The quantitative estimate of drug-likeness (QED) is 0.857. The lowest BCUT2D eigenvalue weighted by atomic mass is 10.1. The summed E-state index contributed by atoms with van der Waals surface area (Å²) in [5.74, 6) is 0.521. The minimum Gasteiger partial charge on any atom is -0.504 e. The molecule has 90 valence electrons. The van der Waals surface area contributed by atoms with Gasteiger partial charge in [0.1, 0.15) is 0 Å². The van der Waals surface area contributed by atoms with Gasteiger partial charge in [-0.2, -0.15) is 0 Å².